The van der Waals surface area contributed by atoms with Gasteiger partial charge in [0.1, 0.15) is 0 Å². The third-order valence-corrected chi connectivity index (χ3v) is 4.52. The minimum absolute atomic E-state index is 0.124. The Balaban J connectivity index is 2.38. The molecule has 1 saturated carbocycles. The number of fused-ring (bicyclic) bond motifs is 1. The highest BCUT2D eigenvalue weighted by Crippen LogP contribution is 2.48. The van der Waals surface area contributed by atoms with E-state index in [1.54, 1.807) is 0 Å². The van der Waals surface area contributed by atoms with Gasteiger partial charge in [0.15, 0.2) is 0 Å². The van der Waals surface area contributed by atoms with Crippen LogP contribution < -0.4 is 0 Å². The molecule has 0 bridgehead atoms. The number of hydrogen-bond acceptors (Lipinski definition) is 2. The maximum absolute atomic E-state index is 10.4. The molecule has 2 aliphatic rings. The van der Waals surface area contributed by atoms with Gasteiger partial charge in [-0.1, -0.05) is 18.2 Å². The lowest BCUT2D eigenvalue weighted by molar-refractivity contribution is 0.0320. The third-order valence-electron chi connectivity index (χ3n) is 4.52. The first-order valence-electron chi connectivity index (χ1n) is 6.55. The second kappa shape index (κ2) is 3.96. The van der Waals surface area contributed by atoms with Crippen molar-refractivity contribution in [1.82, 2.24) is 0 Å². The van der Waals surface area contributed by atoms with Crippen molar-refractivity contribution in [3.63, 3.8) is 0 Å². The lowest BCUT2D eigenvalue weighted by Gasteiger charge is -2.28. The van der Waals surface area contributed by atoms with E-state index >= 15 is 0 Å². The first-order valence-corrected chi connectivity index (χ1v) is 6.55. The van der Waals surface area contributed by atoms with Gasteiger partial charge < -0.3 is 10.2 Å². The Hall–Kier alpha value is -0.600. The normalized spacial score (nSPS) is 38.6. The molecule has 3 atom stereocenters. The summed E-state index contributed by atoms with van der Waals surface area (Å²) in [6.07, 6.45) is 5.78. The molecule has 0 unspecified atom stereocenters. The van der Waals surface area contributed by atoms with Crippen LogP contribution in [-0.2, 0) is 0 Å². The van der Waals surface area contributed by atoms with Crippen molar-refractivity contribution in [3.8, 4) is 0 Å². The van der Waals surface area contributed by atoms with E-state index in [-0.39, 0.29) is 5.92 Å². The molecule has 2 nitrogen and oxygen atoms in total. The molecule has 2 N–H and O–H groups in total. The average Bonchev–Trinajstić information content (AvgIpc) is 2.37. The summed E-state index contributed by atoms with van der Waals surface area (Å²) in [5.41, 5.74) is 0.860. The quantitative estimate of drug-likeness (QED) is 0.687. The number of aliphatic hydroxyl groups is 2. The van der Waals surface area contributed by atoms with Crippen molar-refractivity contribution in [3.05, 3.63) is 23.8 Å². The van der Waals surface area contributed by atoms with E-state index in [1.807, 2.05) is 20.8 Å². The predicted octanol–water partition coefficient (Wildman–Crippen LogP) is 2.81. The molecule has 2 aliphatic carbocycles. The van der Waals surface area contributed by atoms with Crippen LogP contribution in [0.25, 0.3) is 0 Å². The van der Waals surface area contributed by atoms with E-state index in [9.17, 15) is 10.2 Å². The van der Waals surface area contributed by atoms with Crippen LogP contribution in [0.15, 0.2) is 23.8 Å². The second-order valence-corrected chi connectivity index (χ2v) is 6.44. The molecule has 0 spiro atoms. The third kappa shape index (κ3) is 2.34. The van der Waals surface area contributed by atoms with Gasteiger partial charge in [0.05, 0.1) is 11.2 Å². The Morgan fingerprint density at radius 2 is 2.06 bits per heavy atom. The largest absolute Gasteiger partial charge is 0.390 e. The summed E-state index contributed by atoms with van der Waals surface area (Å²) in [5.74, 6) is 0.517. The Kier molecular flexibility index (Phi) is 2.99. The Morgan fingerprint density at radius 3 is 2.65 bits per heavy atom. The van der Waals surface area contributed by atoms with Gasteiger partial charge in [-0.25, -0.2) is 0 Å². The molecule has 1 fully saturated rings. The van der Waals surface area contributed by atoms with E-state index in [1.165, 1.54) is 5.57 Å². The number of hydrogen-bond donors (Lipinski definition) is 2. The summed E-state index contributed by atoms with van der Waals surface area (Å²) >= 11 is 0. The summed E-state index contributed by atoms with van der Waals surface area (Å²) < 4.78 is 0. The minimum Gasteiger partial charge on any atom is -0.390 e. The van der Waals surface area contributed by atoms with Gasteiger partial charge in [0.25, 0.3) is 0 Å². The lowest BCUT2D eigenvalue weighted by Crippen LogP contribution is -2.31. The van der Waals surface area contributed by atoms with Crippen LogP contribution in [0.1, 0.15) is 46.5 Å². The van der Waals surface area contributed by atoms with Crippen LogP contribution in [0.5, 0.6) is 0 Å². The van der Waals surface area contributed by atoms with Gasteiger partial charge >= 0.3 is 0 Å². The SMILES string of the molecule is C=C1CCC(C(C)(C)O)=C[C@H]2[C@H]1CC[C@]2(C)O. The molecule has 0 heterocycles. The lowest BCUT2D eigenvalue weighted by atomic mass is 9.83. The van der Waals surface area contributed by atoms with E-state index < -0.39 is 11.2 Å². The van der Waals surface area contributed by atoms with Gasteiger partial charge in [-0.2, -0.15) is 0 Å². The summed E-state index contributed by atoms with van der Waals surface area (Å²) in [7, 11) is 0. The number of rotatable bonds is 1. The molecular weight excluding hydrogens is 212 g/mol. The number of allylic oxidation sites excluding steroid dienone is 1. The summed E-state index contributed by atoms with van der Waals surface area (Å²) in [4.78, 5) is 0. The van der Waals surface area contributed by atoms with Crippen molar-refractivity contribution in [1.29, 1.82) is 0 Å². The summed E-state index contributed by atoms with van der Waals surface area (Å²) in [6.45, 7) is 9.73. The first kappa shape index (κ1) is 12.8. The van der Waals surface area contributed by atoms with E-state index in [0.717, 1.165) is 31.3 Å². The molecule has 0 aliphatic heterocycles. The highest BCUT2D eigenvalue weighted by molar-refractivity contribution is 5.27. The van der Waals surface area contributed by atoms with Gasteiger partial charge in [-0.05, 0) is 57.9 Å². The van der Waals surface area contributed by atoms with Crippen LogP contribution in [0, 0.1) is 11.8 Å². The summed E-state index contributed by atoms with van der Waals surface area (Å²) in [6, 6.07) is 0. The van der Waals surface area contributed by atoms with Crippen LogP contribution in [0.2, 0.25) is 0 Å². The first-order chi connectivity index (χ1) is 7.72. The van der Waals surface area contributed by atoms with E-state index in [4.69, 9.17) is 0 Å². The van der Waals surface area contributed by atoms with Crippen molar-refractivity contribution < 1.29 is 10.2 Å². The van der Waals surface area contributed by atoms with E-state index in [0.29, 0.717) is 5.92 Å². The monoisotopic (exact) mass is 236 g/mol. The minimum atomic E-state index is -0.784. The molecule has 0 amide bonds. The molecule has 0 radical (unpaired) electrons. The molecular formula is C15H24O2. The highest BCUT2D eigenvalue weighted by atomic mass is 16.3. The van der Waals surface area contributed by atoms with Crippen LogP contribution in [0.3, 0.4) is 0 Å². The predicted molar refractivity (Wildman–Crippen MR) is 69.6 cm³/mol. The van der Waals surface area contributed by atoms with Crippen molar-refractivity contribution in [2.24, 2.45) is 11.8 Å². The van der Waals surface area contributed by atoms with Gasteiger partial charge in [-0.15, -0.1) is 0 Å². The smallest absolute Gasteiger partial charge is 0.0800 e. The molecule has 2 heteroatoms. The topological polar surface area (TPSA) is 40.5 Å². The molecule has 2 rings (SSSR count). The molecule has 96 valence electrons. The van der Waals surface area contributed by atoms with Crippen LogP contribution in [-0.4, -0.2) is 21.4 Å². The Bertz CT molecular complexity index is 358. The zero-order chi connectivity index (χ0) is 12.8. The average molecular weight is 236 g/mol. The maximum Gasteiger partial charge on any atom is 0.0800 e. The fourth-order valence-electron chi connectivity index (χ4n) is 3.27. The standard InChI is InChI=1S/C15H24O2/c1-10-5-6-11(14(2,3)16)9-13-12(10)7-8-15(13,4)17/h9,12-13,16-17H,1,5-8H2,2-4H3/t12-,13-,15-/m0/s1. The van der Waals surface area contributed by atoms with Crippen LogP contribution in [0.4, 0.5) is 0 Å². The Labute approximate surface area is 104 Å². The zero-order valence-electron chi connectivity index (χ0n) is 11.2. The second-order valence-electron chi connectivity index (χ2n) is 6.44. The zero-order valence-corrected chi connectivity index (χ0v) is 11.2. The fraction of sp³-hybridized carbons (Fsp3) is 0.733. The van der Waals surface area contributed by atoms with Crippen LogP contribution >= 0.6 is 0 Å². The van der Waals surface area contributed by atoms with Crippen molar-refractivity contribution >= 4 is 0 Å². The molecule has 17 heavy (non-hydrogen) atoms. The van der Waals surface area contributed by atoms with E-state index in [2.05, 4.69) is 12.7 Å². The maximum atomic E-state index is 10.4. The molecule has 0 saturated heterocycles. The molecule has 0 aromatic rings. The molecule has 0 aromatic heterocycles. The van der Waals surface area contributed by atoms with Gasteiger partial charge in [0, 0.05) is 5.92 Å². The summed E-state index contributed by atoms with van der Waals surface area (Å²) in [5, 5.41) is 20.6. The van der Waals surface area contributed by atoms with Gasteiger partial charge in [-0.3, -0.25) is 0 Å². The fourth-order valence-corrected chi connectivity index (χ4v) is 3.27. The van der Waals surface area contributed by atoms with Gasteiger partial charge in [0.2, 0.25) is 0 Å². The Morgan fingerprint density at radius 1 is 1.41 bits per heavy atom. The van der Waals surface area contributed by atoms with Crippen molar-refractivity contribution in [2.45, 2.75) is 57.7 Å². The highest BCUT2D eigenvalue weighted by Gasteiger charge is 2.45. The molecule has 0 aromatic carbocycles. The van der Waals surface area contributed by atoms with Crippen molar-refractivity contribution in [2.75, 3.05) is 0 Å².